The molecule has 0 bridgehead atoms. The molecule has 0 spiro atoms. The van der Waals surface area contributed by atoms with Crippen LogP contribution in [0.1, 0.15) is 30.6 Å². The van der Waals surface area contributed by atoms with E-state index in [0.717, 1.165) is 17.0 Å². The number of anilines is 2. The second kappa shape index (κ2) is 8.33. The van der Waals surface area contributed by atoms with Gasteiger partial charge in [-0.25, -0.2) is 8.78 Å². The lowest BCUT2D eigenvalue weighted by Gasteiger charge is -2.22. The SMILES string of the molecule is CC(=O)c1ccc(NC(=O)CCN(C(C)=O)c2c(F)cccc2F)cc1. The number of rotatable bonds is 6. The maximum atomic E-state index is 13.9. The van der Waals surface area contributed by atoms with Gasteiger partial charge in [-0.05, 0) is 43.3 Å². The molecule has 0 unspecified atom stereocenters. The molecule has 136 valence electrons. The Hall–Kier alpha value is -3.09. The van der Waals surface area contributed by atoms with E-state index in [0.29, 0.717) is 11.3 Å². The average molecular weight is 360 g/mol. The fourth-order valence-corrected chi connectivity index (χ4v) is 2.40. The van der Waals surface area contributed by atoms with Crippen LogP contribution in [-0.4, -0.2) is 24.1 Å². The number of Topliss-reactive ketones (excluding diaryl/α,β-unsaturated/α-hetero) is 1. The molecule has 0 aromatic heterocycles. The van der Waals surface area contributed by atoms with Gasteiger partial charge in [0, 0.05) is 31.1 Å². The highest BCUT2D eigenvalue weighted by Gasteiger charge is 2.20. The van der Waals surface area contributed by atoms with Crippen LogP contribution in [0.3, 0.4) is 0 Å². The normalized spacial score (nSPS) is 10.3. The molecule has 2 aromatic rings. The van der Waals surface area contributed by atoms with E-state index >= 15 is 0 Å². The van der Waals surface area contributed by atoms with Crippen LogP contribution in [0.25, 0.3) is 0 Å². The summed E-state index contributed by atoms with van der Waals surface area (Å²) in [7, 11) is 0. The lowest BCUT2D eigenvalue weighted by molar-refractivity contribution is -0.117. The van der Waals surface area contributed by atoms with Crippen LogP contribution in [-0.2, 0) is 9.59 Å². The first-order valence-corrected chi connectivity index (χ1v) is 7.92. The van der Waals surface area contributed by atoms with Crippen molar-refractivity contribution in [1.82, 2.24) is 0 Å². The number of carbonyl (C=O) groups excluding carboxylic acids is 3. The molecule has 2 aromatic carbocycles. The molecule has 1 N–H and O–H groups in total. The maximum Gasteiger partial charge on any atom is 0.226 e. The fourth-order valence-electron chi connectivity index (χ4n) is 2.40. The van der Waals surface area contributed by atoms with Crippen LogP contribution in [0.4, 0.5) is 20.2 Å². The molecular weight excluding hydrogens is 342 g/mol. The van der Waals surface area contributed by atoms with Crippen molar-refractivity contribution in [2.45, 2.75) is 20.3 Å². The predicted octanol–water partition coefficient (Wildman–Crippen LogP) is 3.55. The Bertz CT molecular complexity index is 815. The minimum absolute atomic E-state index is 0.0908. The summed E-state index contributed by atoms with van der Waals surface area (Å²) in [6.07, 6.45) is -0.151. The Morgan fingerprint density at radius 2 is 1.54 bits per heavy atom. The Balaban J connectivity index is 2.04. The second-order valence-electron chi connectivity index (χ2n) is 5.67. The first-order chi connectivity index (χ1) is 12.3. The molecule has 2 rings (SSSR count). The zero-order valence-corrected chi connectivity index (χ0v) is 14.4. The number of hydrogen-bond donors (Lipinski definition) is 1. The van der Waals surface area contributed by atoms with Gasteiger partial charge in [-0.2, -0.15) is 0 Å². The van der Waals surface area contributed by atoms with E-state index in [1.807, 2.05) is 0 Å². The summed E-state index contributed by atoms with van der Waals surface area (Å²) in [5, 5.41) is 2.61. The highest BCUT2D eigenvalue weighted by Crippen LogP contribution is 2.23. The number of ketones is 1. The number of halogens is 2. The molecule has 0 atom stereocenters. The zero-order chi connectivity index (χ0) is 19.3. The molecule has 5 nitrogen and oxygen atoms in total. The standard InChI is InChI=1S/C19H18F2N2O3/c1-12(24)14-6-8-15(9-7-14)22-18(26)10-11-23(13(2)25)19-16(20)4-3-5-17(19)21/h3-9H,10-11H2,1-2H3,(H,22,26). The first kappa shape index (κ1) is 19.2. The summed E-state index contributed by atoms with van der Waals surface area (Å²) >= 11 is 0. The van der Waals surface area contributed by atoms with E-state index in [1.54, 1.807) is 24.3 Å². The number of nitrogens with one attached hydrogen (secondary N) is 1. The van der Waals surface area contributed by atoms with E-state index in [9.17, 15) is 23.2 Å². The summed E-state index contributed by atoms with van der Waals surface area (Å²) in [6.45, 7) is 2.43. The summed E-state index contributed by atoms with van der Waals surface area (Å²) in [5.41, 5.74) is 0.519. The van der Waals surface area contributed by atoms with Crippen molar-refractivity contribution >= 4 is 29.0 Å². The number of hydrogen-bond acceptors (Lipinski definition) is 3. The second-order valence-corrected chi connectivity index (χ2v) is 5.67. The highest BCUT2D eigenvalue weighted by atomic mass is 19.1. The van der Waals surface area contributed by atoms with Crippen LogP contribution < -0.4 is 10.2 Å². The molecule has 2 amide bonds. The summed E-state index contributed by atoms with van der Waals surface area (Å²) in [5.74, 6) is -2.84. The minimum atomic E-state index is -0.875. The van der Waals surface area contributed by atoms with Crippen LogP contribution >= 0.6 is 0 Å². The van der Waals surface area contributed by atoms with Gasteiger partial charge >= 0.3 is 0 Å². The van der Waals surface area contributed by atoms with Gasteiger partial charge in [0.1, 0.15) is 17.3 Å². The zero-order valence-electron chi connectivity index (χ0n) is 14.4. The third-order valence-corrected chi connectivity index (χ3v) is 3.73. The Morgan fingerprint density at radius 1 is 0.962 bits per heavy atom. The van der Waals surface area contributed by atoms with Gasteiger partial charge in [-0.1, -0.05) is 6.07 Å². The van der Waals surface area contributed by atoms with Crippen molar-refractivity contribution in [3.63, 3.8) is 0 Å². The summed E-state index contributed by atoms with van der Waals surface area (Å²) < 4.78 is 27.7. The number of carbonyl (C=O) groups is 3. The van der Waals surface area contributed by atoms with Crippen molar-refractivity contribution < 1.29 is 23.2 Å². The van der Waals surface area contributed by atoms with Crippen LogP contribution in [0, 0.1) is 11.6 Å². The average Bonchev–Trinajstić information content (AvgIpc) is 2.57. The topological polar surface area (TPSA) is 66.5 Å². The van der Waals surface area contributed by atoms with Crippen molar-refractivity contribution in [2.75, 3.05) is 16.8 Å². The Morgan fingerprint density at radius 3 is 2.04 bits per heavy atom. The predicted molar refractivity (Wildman–Crippen MR) is 94.1 cm³/mol. The quantitative estimate of drug-likeness (QED) is 0.801. The molecular formula is C19H18F2N2O3. The Labute approximate surface area is 149 Å². The van der Waals surface area contributed by atoms with Gasteiger partial charge < -0.3 is 10.2 Å². The van der Waals surface area contributed by atoms with Crippen LogP contribution in [0.5, 0.6) is 0 Å². The summed E-state index contributed by atoms with van der Waals surface area (Å²) in [4.78, 5) is 35.9. The van der Waals surface area contributed by atoms with E-state index < -0.39 is 29.1 Å². The number of amides is 2. The van der Waals surface area contributed by atoms with Gasteiger partial charge in [0.2, 0.25) is 11.8 Å². The van der Waals surface area contributed by atoms with Crippen molar-refractivity contribution in [3.8, 4) is 0 Å². The third kappa shape index (κ3) is 4.72. The van der Waals surface area contributed by atoms with Gasteiger partial charge in [0.25, 0.3) is 0 Å². The highest BCUT2D eigenvalue weighted by molar-refractivity contribution is 5.96. The van der Waals surface area contributed by atoms with Gasteiger partial charge in [-0.3, -0.25) is 14.4 Å². The molecule has 0 saturated heterocycles. The number of para-hydroxylation sites is 1. The van der Waals surface area contributed by atoms with Crippen molar-refractivity contribution in [3.05, 3.63) is 59.7 Å². The molecule has 0 fully saturated rings. The van der Waals surface area contributed by atoms with E-state index in [-0.39, 0.29) is 18.7 Å². The molecule has 0 heterocycles. The number of benzene rings is 2. The van der Waals surface area contributed by atoms with Crippen molar-refractivity contribution in [1.29, 1.82) is 0 Å². The minimum Gasteiger partial charge on any atom is -0.326 e. The smallest absolute Gasteiger partial charge is 0.226 e. The largest absolute Gasteiger partial charge is 0.326 e. The molecule has 0 aliphatic carbocycles. The summed E-state index contributed by atoms with van der Waals surface area (Å²) in [6, 6.07) is 9.60. The first-order valence-electron chi connectivity index (χ1n) is 7.92. The molecule has 0 aliphatic heterocycles. The molecule has 0 radical (unpaired) electrons. The molecule has 0 aliphatic rings. The lowest BCUT2D eigenvalue weighted by atomic mass is 10.1. The molecule has 0 saturated carbocycles. The van der Waals surface area contributed by atoms with E-state index in [2.05, 4.69) is 5.32 Å². The Kier molecular flexibility index (Phi) is 6.16. The molecule has 26 heavy (non-hydrogen) atoms. The van der Waals surface area contributed by atoms with Gasteiger partial charge in [0.15, 0.2) is 5.78 Å². The fraction of sp³-hybridized carbons (Fsp3) is 0.211. The van der Waals surface area contributed by atoms with Gasteiger partial charge in [0.05, 0.1) is 0 Å². The third-order valence-electron chi connectivity index (χ3n) is 3.73. The lowest BCUT2D eigenvalue weighted by Crippen LogP contribution is -2.33. The van der Waals surface area contributed by atoms with Crippen molar-refractivity contribution in [2.24, 2.45) is 0 Å². The van der Waals surface area contributed by atoms with Crippen LogP contribution in [0.2, 0.25) is 0 Å². The van der Waals surface area contributed by atoms with Gasteiger partial charge in [-0.15, -0.1) is 0 Å². The molecule has 7 heteroatoms. The van der Waals surface area contributed by atoms with E-state index in [4.69, 9.17) is 0 Å². The van der Waals surface area contributed by atoms with Crippen LogP contribution in [0.15, 0.2) is 42.5 Å². The number of nitrogens with zero attached hydrogens (tertiary/aromatic N) is 1. The monoisotopic (exact) mass is 360 g/mol. The maximum absolute atomic E-state index is 13.9. The van der Waals surface area contributed by atoms with E-state index in [1.165, 1.54) is 19.9 Å².